The summed E-state index contributed by atoms with van der Waals surface area (Å²) in [7, 11) is 0. The predicted octanol–water partition coefficient (Wildman–Crippen LogP) is 4.03. The number of carboxylic acid groups (broad SMARTS) is 1. The molecule has 0 radical (unpaired) electrons. The Kier molecular flexibility index (Phi) is 3.80. The zero-order chi connectivity index (χ0) is 14.8. The molecule has 1 aromatic carbocycles. The first-order valence-corrected chi connectivity index (χ1v) is 7.30. The molecule has 0 saturated heterocycles. The Labute approximate surface area is 127 Å². The van der Waals surface area contributed by atoms with Gasteiger partial charge in [-0.2, -0.15) is 5.10 Å². The van der Waals surface area contributed by atoms with Crippen LogP contribution in [-0.4, -0.2) is 21.3 Å². The quantitative estimate of drug-likeness (QED) is 0.823. The minimum absolute atomic E-state index is 0.217. The fourth-order valence-electron chi connectivity index (χ4n) is 2.69. The second-order valence-corrected chi connectivity index (χ2v) is 5.60. The van der Waals surface area contributed by atoms with E-state index in [1.54, 1.807) is 0 Å². The van der Waals surface area contributed by atoms with Crippen molar-refractivity contribution in [2.75, 3.05) is 0 Å². The molecule has 0 saturated carbocycles. The molecule has 4 nitrogen and oxygen atoms in total. The van der Waals surface area contributed by atoms with E-state index in [4.69, 9.17) is 11.6 Å². The van der Waals surface area contributed by atoms with Gasteiger partial charge < -0.3 is 5.11 Å². The Morgan fingerprint density at radius 3 is 2.67 bits per heavy atom. The van der Waals surface area contributed by atoms with Gasteiger partial charge in [-0.05, 0) is 55.0 Å². The van der Waals surface area contributed by atoms with Crippen LogP contribution in [0.5, 0.6) is 0 Å². The lowest BCUT2D eigenvalue weighted by Gasteiger charge is -2.03. The van der Waals surface area contributed by atoms with Gasteiger partial charge in [0.1, 0.15) is 5.69 Å². The molecule has 1 aliphatic carbocycles. The number of carbonyl (C=O) groups is 1. The number of halogens is 1. The third-order valence-electron chi connectivity index (χ3n) is 3.72. The molecule has 108 valence electrons. The zero-order valence-corrected chi connectivity index (χ0v) is 12.2. The molecule has 0 spiro atoms. The third kappa shape index (κ3) is 2.85. The van der Waals surface area contributed by atoms with Crippen LogP contribution in [0.2, 0.25) is 5.02 Å². The van der Waals surface area contributed by atoms with Crippen molar-refractivity contribution in [3.05, 3.63) is 51.8 Å². The number of aromatic nitrogens is 2. The lowest BCUT2D eigenvalue weighted by Crippen LogP contribution is -2.01. The van der Waals surface area contributed by atoms with Crippen LogP contribution in [0.3, 0.4) is 0 Å². The SMILES string of the molecule is O=C(O)c1[nH]nc2c1CCCC/C2=C\c1ccc(Cl)cc1. The molecule has 1 heterocycles. The Hall–Kier alpha value is -2.07. The minimum atomic E-state index is -0.948. The summed E-state index contributed by atoms with van der Waals surface area (Å²) in [6, 6.07) is 7.59. The number of carboxylic acids is 1. The molecule has 3 rings (SSSR count). The number of fused-ring (bicyclic) bond motifs is 1. The van der Waals surface area contributed by atoms with Crippen LogP contribution in [0.1, 0.15) is 46.6 Å². The van der Waals surface area contributed by atoms with Gasteiger partial charge in [-0.15, -0.1) is 0 Å². The van der Waals surface area contributed by atoms with E-state index in [1.807, 2.05) is 24.3 Å². The monoisotopic (exact) mass is 302 g/mol. The van der Waals surface area contributed by atoms with Crippen LogP contribution in [0.25, 0.3) is 11.6 Å². The molecule has 1 aromatic heterocycles. The number of H-pyrrole nitrogens is 1. The summed E-state index contributed by atoms with van der Waals surface area (Å²) in [6.45, 7) is 0. The fraction of sp³-hybridized carbons (Fsp3) is 0.250. The molecule has 0 aliphatic heterocycles. The number of nitrogens with zero attached hydrogens (tertiary/aromatic N) is 1. The average molecular weight is 303 g/mol. The number of nitrogens with one attached hydrogen (secondary N) is 1. The molecule has 2 aromatic rings. The maximum atomic E-state index is 11.2. The molecular formula is C16H15ClN2O2. The van der Waals surface area contributed by atoms with E-state index < -0.39 is 5.97 Å². The van der Waals surface area contributed by atoms with Crippen LogP contribution in [-0.2, 0) is 6.42 Å². The smallest absolute Gasteiger partial charge is 0.354 e. The Balaban J connectivity index is 2.04. The van der Waals surface area contributed by atoms with Crippen molar-refractivity contribution in [3.8, 4) is 0 Å². The van der Waals surface area contributed by atoms with Crippen LogP contribution >= 0.6 is 11.6 Å². The molecule has 21 heavy (non-hydrogen) atoms. The van der Waals surface area contributed by atoms with Crippen LogP contribution in [0.4, 0.5) is 0 Å². The van der Waals surface area contributed by atoms with E-state index in [9.17, 15) is 9.90 Å². The van der Waals surface area contributed by atoms with Gasteiger partial charge in [0.15, 0.2) is 0 Å². The summed E-state index contributed by atoms with van der Waals surface area (Å²) in [4.78, 5) is 11.2. The molecule has 0 fully saturated rings. The third-order valence-corrected chi connectivity index (χ3v) is 3.97. The predicted molar refractivity (Wildman–Crippen MR) is 82.4 cm³/mol. The highest BCUT2D eigenvalue weighted by Crippen LogP contribution is 2.31. The maximum absolute atomic E-state index is 11.2. The summed E-state index contributed by atoms with van der Waals surface area (Å²) in [5, 5.41) is 16.8. The van der Waals surface area contributed by atoms with Gasteiger partial charge in [0.05, 0.1) is 5.69 Å². The van der Waals surface area contributed by atoms with Crippen LogP contribution in [0, 0.1) is 0 Å². The largest absolute Gasteiger partial charge is 0.477 e. The highest BCUT2D eigenvalue weighted by atomic mass is 35.5. The highest BCUT2D eigenvalue weighted by Gasteiger charge is 2.22. The summed E-state index contributed by atoms with van der Waals surface area (Å²) < 4.78 is 0. The number of hydrogen-bond donors (Lipinski definition) is 2. The molecule has 0 unspecified atom stereocenters. The van der Waals surface area contributed by atoms with Crippen LogP contribution < -0.4 is 0 Å². The summed E-state index contributed by atoms with van der Waals surface area (Å²) in [5.41, 5.74) is 3.95. The van der Waals surface area contributed by atoms with Crippen molar-refractivity contribution in [1.29, 1.82) is 0 Å². The van der Waals surface area contributed by atoms with Crippen LogP contribution in [0.15, 0.2) is 24.3 Å². The number of benzene rings is 1. The molecule has 0 atom stereocenters. The number of allylic oxidation sites excluding steroid dienone is 1. The number of aromatic carboxylic acids is 1. The van der Waals surface area contributed by atoms with Gasteiger partial charge in [0.25, 0.3) is 0 Å². The minimum Gasteiger partial charge on any atom is -0.477 e. The molecule has 5 heteroatoms. The lowest BCUT2D eigenvalue weighted by molar-refractivity contribution is 0.0689. The van der Waals surface area contributed by atoms with E-state index in [2.05, 4.69) is 16.3 Å². The van der Waals surface area contributed by atoms with E-state index in [1.165, 1.54) is 0 Å². The first-order valence-electron chi connectivity index (χ1n) is 6.92. The molecule has 2 N–H and O–H groups in total. The van der Waals surface area contributed by atoms with Crippen molar-refractivity contribution in [3.63, 3.8) is 0 Å². The van der Waals surface area contributed by atoms with Gasteiger partial charge in [-0.1, -0.05) is 23.7 Å². The maximum Gasteiger partial charge on any atom is 0.354 e. The Morgan fingerprint density at radius 1 is 1.24 bits per heavy atom. The number of aromatic amines is 1. The zero-order valence-electron chi connectivity index (χ0n) is 11.4. The summed E-state index contributed by atoms with van der Waals surface area (Å²) >= 11 is 5.90. The first-order chi connectivity index (χ1) is 10.1. The van der Waals surface area contributed by atoms with Crippen molar-refractivity contribution in [1.82, 2.24) is 10.2 Å². The number of hydrogen-bond acceptors (Lipinski definition) is 2. The molecule has 1 aliphatic rings. The molecule has 0 bridgehead atoms. The normalized spacial score (nSPS) is 16.5. The highest BCUT2D eigenvalue weighted by molar-refractivity contribution is 6.30. The van der Waals surface area contributed by atoms with Gasteiger partial charge in [0.2, 0.25) is 0 Å². The van der Waals surface area contributed by atoms with Gasteiger partial charge in [0, 0.05) is 10.6 Å². The molecule has 0 amide bonds. The van der Waals surface area contributed by atoms with Gasteiger partial charge in [-0.25, -0.2) is 4.79 Å². The standard InChI is InChI=1S/C16H15ClN2O2/c17-12-7-5-10(6-8-12)9-11-3-1-2-4-13-14(11)18-19-15(13)16(20)21/h5-9H,1-4H2,(H,18,19)(H,20,21)/b11-9+. The van der Waals surface area contributed by atoms with Gasteiger partial charge >= 0.3 is 5.97 Å². The number of rotatable bonds is 2. The lowest BCUT2D eigenvalue weighted by atomic mass is 10.0. The fourth-order valence-corrected chi connectivity index (χ4v) is 2.81. The van der Waals surface area contributed by atoms with Crippen molar-refractivity contribution < 1.29 is 9.90 Å². The second-order valence-electron chi connectivity index (χ2n) is 5.16. The van der Waals surface area contributed by atoms with E-state index >= 15 is 0 Å². The van der Waals surface area contributed by atoms with E-state index in [-0.39, 0.29) is 5.69 Å². The first kappa shape index (κ1) is 13.9. The second kappa shape index (κ2) is 5.74. The van der Waals surface area contributed by atoms with E-state index in [0.717, 1.165) is 48.1 Å². The molecular weight excluding hydrogens is 288 g/mol. The van der Waals surface area contributed by atoms with Crippen molar-refractivity contribution in [2.45, 2.75) is 25.7 Å². The average Bonchev–Trinajstić information content (AvgIpc) is 2.79. The summed E-state index contributed by atoms with van der Waals surface area (Å²) in [5.74, 6) is -0.948. The van der Waals surface area contributed by atoms with Crippen molar-refractivity contribution in [2.24, 2.45) is 0 Å². The Bertz CT molecular complexity index is 702. The van der Waals surface area contributed by atoms with Gasteiger partial charge in [-0.3, -0.25) is 5.10 Å². The Morgan fingerprint density at radius 2 is 1.95 bits per heavy atom. The summed E-state index contributed by atoms with van der Waals surface area (Å²) in [6.07, 6.45) is 5.73. The van der Waals surface area contributed by atoms with Crippen molar-refractivity contribution >= 4 is 29.2 Å². The topological polar surface area (TPSA) is 66.0 Å². The van der Waals surface area contributed by atoms with E-state index in [0.29, 0.717) is 5.02 Å².